The van der Waals surface area contributed by atoms with Gasteiger partial charge in [0.2, 0.25) is 0 Å². The van der Waals surface area contributed by atoms with Crippen LogP contribution in [0.2, 0.25) is 0 Å². The second kappa shape index (κ2) is 6.99. The predicted molar refractivity (Wildman–Crippen MR) is 78.9 cm³/mol. The number of hydrogen-bond acceptors (Lipinski definition) is 4. The van der Waals surface area contributed by atoms with Crippen LogP contribution in [0, 0.1) is 15.9 Å². The van der Waals surface area contributed by atoms with Gasteiger partial charge in [0.1, 0.15) is 11.6 Å². The molecule has 0 atom stereocenters. The van der Waals surface area contributed by atoms with Crippen LogP contribution in [0.5, 0.6) is 0 Å². The van der Waals surface area contributed by atoms with E-state index >= 15 is 0 Å². The van der Waals surface area contributed by atoms with Crippen LogP contribution >= 0.6 is 11.8 Å². The van der Waals surface area contributed by atoms with Crippen LogP contribution in [0.1, 0.15) is 5.56 Å². The van der Waals surface area contributed by atoms with Crippen molar-refractivity contribution in [3.8, 4) is 0 Å². The number of halogens is 1. The van der Waals surface area contributed by atoms with Gasteiger partial charge in [-0.2, -0.15) is 0 Å². The molecule has 0 heterocycles. The molecule has 0 aromatic heterocycles. The van der Waals surface area contributed by atoms with E-state index < -0.39 is 4.92 Å². The lowest BCUT2D eigenvalue weighted by Gasteiger charge is -2.03. The lowest BCUT2D eigenvalue weighted by atomic mass is 10.1. The summed E-state index contributed by atoms with van der Waals surface area (Å²) >= 11 is 1.28. The van der Waals surface area contributed by atoms with E-state index in [9.17, 15) is 19.3 Å². The van der Waals surface area contributed by atoms with E-state index in [2.05, 4.69) is 0 Å². The molecule has 0 aliphatic rings. The van der Waals surface area contributed by atoms with E-state index in [-0.39, 0.29) is 29.5 Å². The Hall–Kier alpha value is -2.21. The Bertz CT molecular complexity index is 658. The molecular formula is C15H12FNO3S. The maximum Gasteiger partial charge on any atom is 0.269 e. The van der Waals surface area contributed by atoms with Crippen LogP contribution in [-0.4, -0.2) is 16.5 Å². The average Bonchev–Trinajstić information content (AvgIpc) is 2.48. The van der Waals surface area contributed by atoms with E-state index in [0.29, 0.717) is 5.56 Å². The van der Waals surface area contributed by atoms with Crippen molar-refractivity contribution < 1.29 is 14.1 Å². The molecule has 4 nitrogen and oxygen atoms in total. The van der Waals surface area contributed by atoms with E-state index in [1.807, 2.05) is 0 Å². The lowest BCUT2D eigenvalue weighted by Crippen LogP contribution is -2.07. The Balaban J connectivity index is 1.89. The molecule has 6 heteroatoms. The number of non-ortho nitro benzene ring substituents is 1. The van der Waals surface area contributed by atoms with Gasteiger partial charge in [0.05, 0.1) is 10.7 Å². The summed E-state index contributed by atoms with van der Waals surface area (Å²) in [5.74, 6) is -0.277. The minimum Gasteiger partial charge on any atom is -0.298 e. The van der Waals surface area contributed by atoms with E-state index in [0.717, 1.165) is 4.90 Å². The Labute approximate surface area is 125 Å². The third-order valence-corrected chi connectivity index (χ3v) is 3.86. The molecule has 0 saturated heterocycles. The Morgan fingerprint density at radius 1 is 1.14 bits per heavy atom. The first-order valence-electron chi connectivity index (χ1n) is 6.18. The van der Waals surface area contributed by atoms with Crippen molar-refractivity contribution in [2.24, 2.45) is 0 Å². The van der Waals surface area contributed by atoms with Crippen molar-refractivity contribution in [3.63, 3.8) is 0 Å². The standard InChI is InChI=1S/C15H12FNO3S/c16-15-4-2-1-3-11(15)9-13(18)10-21-14-7-5-12(6-8-14)17(19)20/h1-8H,9-10H2. The smallest absolute Gasteiger partial charge is 0.269 e. The van der Waals surface area contributed by atoms with Gasteiger partial charge in [-0.25, -0.2) is 4.39 Å². The molecule has 0 spiro atoms. The number of carbonyl (C=O) groups excluding carboxylic acids is 1. The number of nitro benzene ring substituents is 1. The number of benzene rings is 2. The summed E-state index contributed by atoms with van der Waals surface area (Å²) in [4.78, 5) is 22.6. The van der Waals surface area contributed by atoms with E-state index in [1.165, 1.54) is 30.0 Å². The molecular weight excluding hydrogens is 293 g/mol. The third-order valence-electron chi connectivity index (χ3n) is 2.79. The van der Waals surface area contributed by atoms with Crippen LogP contribution in [0.25, 0.3) is 0 Å². The molecule has 0 saturated carbocycles. The number of nitrogens with zero attached hydrogens (tertiary/aromatic N) is 1. The van der Waals surface area contributed by atoms with Gasteiger partial charge in [-0.15, -0.1) is 11.8 Å². The van der Waals surface area contributed by atoms with Crippen molar-refractivity contribution in [2.45, 2.75) is 11.3 Å². The van der Waals surface area contributed by atoms with Crippen LogP contribution in [0.3, 0.4) is 0 Å². The number of hydrogen-bond donors (Lipinski definition) is 0. The summed E-state index contributed by atoms with van der Waals surface area (Å²) in [6.45, 7) is 0. The number of thioether (sulfide) groups is 1. The lowest BCUT2D eigenvalue weighted by molar-refractivity contribution is -0.384. The highest BCUT2D eigenvalue weighted by Crippen LogP contribution is 2.21. The fourth-order valence-corrected chi connectivity index (χ4v) is 2.49. The first-order chi connectivity index (χ1) is 10.1. The molecule has 0 unspecified atom stereocenters. The zero-order valence-electron chi connectivity index (χ0n) is 11.0. The minimum atomic E-state index is -0.474. The summed E-state index contributed by atoms with van der Waals surface area (Å²) in [6, 6.07) is 12.2. The predicted octanol–water partition coefficient (Wildman–Crippen LogP) is 3.64. The third kappa shape index (κ3) is 4.39. The minimum absolute atomic E-state index is 0.0111. The molecule has 0 aliphatic heterocycles. The monoisotopic (exact) mass is 305 g/mol. The summed E-state index contributed by atoms with van der Waals surface area (Å²) in [6.07, 6.45) is 0.0483. The Kier molecular flexibility index (Phi) is 5.05. The van der Waals surface area contributed by atoms with Gasteiger partial charge < -0.3 is 0 Å². The second-order valence-corrected chi connectivity index (χ2v) is 5.40. The van der Waals surface area contributed by atoms with E-state index in [1.54, 1.807) is 30.3 Å². The molecule has 2 rings (SSSR count). The summed E-state index contributed by atoms with van der Waals surface area (Å²) in [5.41, 5.74) is 0.392. The number of Topliss-reactive ketones (excluding diaryl/α,β-unsaturated/α-hetero) is 1. The fourth-order valence-electron chi connectivity index (χ4n) is 1.73. The highest BCUT2D eigenvalue weighted by atomic mass is 32.2. The van der Waals surface area contributed by atoms with Crippen LogP contribution in [0.4, 0.5) is 10.1 Å². The topological polar surface area (TPSA) is 60.2 Å². The molecule has 0 amide bonds. The van der Waals surface area contributed by atoms with Gasteiger partial charge in [-0.1, -0.05) is 18.2 Å². The summed E-state index contributed by atoms with van der Waals surface area (Å²) < 4.78 is 13.4. The molecule has 2 aromatic carbocycles. The Morgan fingerprint density at radius 2 is 1.81 bits per heavy atom. The Morgan fingerprint density at radius 3 is 2.43 bits per heavy atom. The van der Waals surface area contributed by atoms with Crippen molar-refractivity contribution >= 4 is 23.2 Å². The van der Waals surface area contributed by atoms with Gasteiger partial charge >= 0.3 is 0 Å². The molecule has 0 N–H and O–H groups in total. The van der Waals surface area contributed by atoms with Gasteiger partial charge in [-0.3, -0.25) is 14.9 Å². The van der Waals surface area contributed by atoms with Gasteiger partial charge in [0.15, 0.2) is 0 Å². The molecule has 0 fully saturated rings. The quantitative estimate of drug-likeness (QED) is 0.464. The summed E-state index contributed by atoms with van der Waals surface area (Å²) in [5, 5.41) is 10.5. The number of rotatable bonds is 6. The van der Waals surface area contributed by atoms with Crippen LogP contribution < -0.4 is 0 Å². The second-order valence-electron chi connectivity index (χ2n) is 4.35. The maximum atomic E-state index is 13.4. The van der Waals surface area contributed by atoms with Gasteiger partial charge in [0.25, 0.3) is 5.69 Å². The van der Waals surface area contributed by atoms with E-state index in [4.69, 9.17) is 0 Å². The van der Waals surface area contributed by atoms with Crippen molar-refractivity contribution in [2.75, 3.05) is 5.75 Å². The SMILES string of the molecule is O=C(CSc1ccc([N+](=O)[O-])cc1)Cc1ccccc1F. The zero-order valence-corrected chi connectivity index (χ0v) is 11.8. The molecule has 21 heavy (non-hydrogen) atoms. The number of nitro groups is 1. The zero-order chi connectivity index (χ0) is 15.2. The van der Waals surface area contributed by atoms with Gasteiger partial charge in [0, 0.05) is 23.4 Å². The first-order valence-corrected chi connectivity index (χ1v) is 7.17. The van der Waals surface area contributed by atoms with Crippen molar-refractivity contribution in [3.05, 3.63) is 70.0 Å². The largest absolute Gasteiger partial charge is 0.298 e. The fraction of sp³-hybridized carbons (Fsp3) is 0.133. The van der Waals surface area contributed by atoms with Crippen molar-refractivity contribution in [1.29, 1.82) is 0 Å². The van der Waals surface area contributed by atoms with Crippen LogP contribution in [0.15, 0.2) is 53.4 Å². The average molecular weight is 305 g/mol. The first kappa shape index (κ1) is 15.2. The highest BCUT2D eigenvalue weighted by molar-refractivity contribution is 8.00. The molecule has 0 radical (unpaired) electrons. The molecule has 108 valence electrons. The summed E-state index contributed by atoms with van der Waals surface area (Å²) in [7, 11) is 0. The highest BCUT2D eigenvalue weighted by Gasteiger charge is 2.09. The normalized spacial score (nSPS) is 10.3. The van der Waals surface area contributed by atoms with Gasteiger partial charge in [-0.05, 0) is 23.8 Å². The molecule has 2 aromatic rings. The number of carbonyl (C=O) groups is 1. The molecule has 0 aliphatic carbocycles. The number of ketones is 1. The molecule has 0 bridgehead atoms. The maximum absolute atomic E-state index is 13.4. The van der Waals surface area contributed by atoms with Crippen LogP contribution in [-0.2, 0) is 11.2 Å². The van der Waals surface area contributed by atoms with Crippen molar-refractivity contribution in [1.82, 2.24) is 0 Å².